The van der Waals surface area contributed by atoms with E-state index in [1.165, 1.54) is 0 Å². The van der Waals surface area contributed by atoms with Crippen LogP contribution in [0.4, 0.5) is 0 Å². The minimum atomic E-state index is -0.928. The van der Waals surface area contributed by atoms with E-state index < -0.39 is 17.9 Å². The van der Waals surface area contributed by atoms with Crippen LogP contribution in [0.3, 0.4) is 0 Å². The molecule has 0 aliphatic carbocycles. The summed E-state index contributed by atoms with van der Waals surface area (Å²) in [5.41, 5.74) is 0. The summed E-state index contributed by atoms with van der Waals surface area (Å²) < 4.78 is 9.77. The van der Waals surface area contributed by atoms with E-state index in [0.717, 1.165) is 0 Å². The van der Waals surface area contributed by atoms with Crippen molar-refractivity contribution < 1.29 is 19.1 Å². The highest BCUT2D eigenvalue weighted by Gasteiger charge is 2.32. The molecule has 4 heteroatoms. The molecule has 0 aliphatic rings. The van der Waals surface area contributed by atoms with Crippen molar-refractivity contribution >= 4 is 11.9 Å². The Morgan fingerprint density at radius 1 is 0.944 bits per heavy atom. The summed E-state index contributed by atoms with van der Waals surface area (Å²) in [6, 6.07) is 0. The van der Waals surface area contributed by atoms with Crippen LogP contribution in [-0.2, 0) is 19.1 Å². The molecule has 98 valence electrons. The molecule has 0 atom stereocenters. The molecule has 0 radical (unpaired) electrons. The zero-order valence-corrected chi connectivity index (χ0v) is 11.2. The molecule has 0 aromatic carbocycles. The standard InChI is InChI=1S/C14H18O4/c1-5-7-9-17-13(15)12(11(3)4)14(16)18-10-8-6-2/h11-12H,9-10H2,1-4H3. The molecule has 0 aromatic rings. The number of ether oxygens (including phenoxy) is 2. The van der Waals surface area contributed by atoms with Gasteiger partial charge in [-0.05, 0) is 19.8 Å². The molecule has 0 rings (SSSR count). The lowest BCUT2D eigenvalue weighted by molar-refractivity contribution is -0.162. The average molecular weight is 250 g/mol. The average Bonchev–Trinajstić information content (AvgIpc) is 2.29. The van der Waals surface area contributed by atoms with Gasteiger partial charge in [0.2, 0.25) is 0 Å². The quantitative estimate of drug-likeness (QED) is 0.420. The third-order valence-corrected chi connectivity index (χ3v) is 2.10. The zero-order valence-electron chi connectivity index (χ0n) is 11.2. The minimum Gasteiger partial charge on any atom is -0.452 e. The molecule has 0 fully saturated rings. The SMILES string of the molecule is CC#CCOC(=O)C(C(=O)OCC#CC)C(C)C. The topological polar surface area (TPSA) is 52.6 Å². The Bertz CT molecular complexity index is 365. The third-order valence-electron chi connectivity index (χ3n) is 2.10. The summed E-state index contributed by atoms with van der Waals surface area (Å²) >= 11 is 0. The Morgan fingerprint density at radius 2 is 1.33 bits per heavy atom. The van der Waals surface area contributed by atoms with Gasteiger partial charge in [0.15, 0.2) is 19.1 Å². The molecule has 0 heterocycles. The maximum absolute atomic E-state index is 11.7. The first-order chi connectivity index (χ1) is 8.54. The Hall–Kier alpha value is -1.94. The van der Waals surface area contributed by atoms with E-state index in [0.29, 0.717) is 0 Å². The van der Waals surface area contributed by atoms with E-state index in [9.17, 15) is 9.59 Å². The van der Waals surface area contributed by atoms with E-state index in [1.807, 2.05) is 0 Å². The fraction of sp³-hybridized carbons (Fsp3) is 0.571. The molecule has 18 heavy (non-hydrogen) atoms. The van der Waals surface area contributed by atoms with Gasteiger partial charge in [0.1, 0.15) is 0 Å². The Labute approximate surface area is 108 Å². The van der Waals surface area contributed by atoms with Crippen LogP contribution in [0.1, 0.15) is 27.7 Å². The monoisotopic (exact) mass is 250 g/mol. The normalized spacial score (nSPS) is 9.00. The van der Waals surface area contributed by atoms with E-state index in [4.69, 9.17) is 9.47 Å². The van der Waals surface area contributed by atoms with Crippen LogP contribution in [0.25, 0.3) is 0 Å². The van der Waals surface area contributed by atoms with Crippen molar-refractivity contribution in [2.75, 3.05) is 13.2 Å². The van der Waals surface area contributed by atoms with E-state index in [-0.39, 0.29) is 19.1 Å². The highest BCUT2D eigenvalue weighted by atomic mass is 16.6. The lowest BCUT2D eigenvalue weighted by Crippen LogP contribution is -2.32. The zero-order chi connectivity index (χ0) is 14.0. The van der Waals surface area contributed by atoms with Gasteiger partial charge in [-0.2, -0.15) is 0 Å². The molecular formula is C14H18O4. The van der Waals surface area contributed by atoms with Gasteiger partial charge in [0, 0.05) is 0 Å². The summed E-state index contributed by atoms with van der Waals surface area (Å²) in [6.45, 7) is 6.77. The first-order valence-electron chi connectivity index (χ1n) is 5.67. The number of rotatable bonds is 5. The van der Waals surface area contributed by atoms with Crippen molar-refractivity contribution in [3.8, 4) is 23.7 Å². The molecule has 0 aromatic heterocycles. The summed E-state index contributed by atoms with van der Waals surface area (Å²) in [7, 11) is 0. The minimum absolute atomic E-state index is 0.0133. The number of esters is 2. The van der Waals surface area contributed by atoms with Gasteiger partial charge >= 0.3 is 11.9 Å². The molecule has 0 amide bonds. The van der Waals surface area contributed by atoms with Crippen LogP contribution in [-0.4, -0.2) is 25.2 Å². The third kappa shape index (κ3) is 5.96. The second-order valence-electron chi connectivity index (χ2n) is 3.79. The lowest BCUT2D eigenvalue weighted by Gasteiger charge is -2.16. The van der Waals surface area contributed by atoms with Gasteiger partial charge in [-0.3, -0.25) is 9.59 Å². The largest absolute Gasteiger partial charge is 0.452 e. The van der Waals surface area contributed by atoms with Gasteiger partial charge in [-0.1, -0.05) is 25.7 Å². The molecule has 0 N–H and O–H groups in total. The molecule has 0 spiro atoms. The van der Waals surface area contributed by atoms with Crippen molar-refractivity contribution in [3.63, 3.8) is 0 Å². The molecule has 0 saturated heterocycles. The molecular weight excluding hydrogens is 232 g/mol. The van der Waals surface area contributed by atoms with Crippen LogP contribution < -0.4 is 0 Å². The second kappa shape index (κ2) is 9.13. The Balaban J connectivity index is 4.50. The first kappa shape index (κ1) is 16.1. The van der Waals surface area contributed by atoms with Crippen LogP contribution in [0.5, 0.6) is 0 Å². The summed E-state index contributed by atoms with van der Waals surface area (Å²) in [6.07, 6.45) is 0. The Morgan fingerprint density at radius 3 is 1.61 bits per heavy atom. The summed E-state index contributed by atoms with van der Waals surface area (Å²) in [5.74, 6) is 8.05. The van der Waals surface area contributed by atoms with Gasteiger partial charge in [-0.15, -0.1) is 11.8 Å². The highest BCUT2D eigenvalue weighted by molar-refractivity contribution is 5.95. The van der Waals surface area contributed by atoms with Crippen LogP contribution in [0, 0.1) is 35.5 Å². The van der Waals surface area contributed by atoms with Crippen LogP contribution in [0.2, 0.25) is 0 Å². The van der Waals surface area contributed by atoms with Crippen molar-refractivity contribution in [2.24, 2.45) is 11.8 Å². The molecule has 4 nitrogen and oxygen atoms in total. The van der Waals surface area contributed by atoms with Crippen LogP contribution in [0.15, 0.2) is 0 Å². The predicted octanol–water partition coefficient (Wildman–Crippen LogP) is 1.39. The van der Waals surface area contributed by atoms with Crippen molar-refractivity contribution in [1.82, 2.24) is 0 Å². The number of hydrogen-bond donors (Lipinski definition) is 0. The second-order valence-corrected chi connectivity index (χ2v) is 3.79. The highest BCUT2D eigenvalue weighted by Crippen LogP contribution is 2.14. The van der Waals surface area contributed by atoms with Crippen molar-refractivity contribution in [3.05, 3.63) is 0 Å². The van der Waals surface area contributed by atoms with Gasteiger partial charge in [-0.25, -0.2) is 0 Å². The first-order valence-corrected chi connectivity index (χ1v) is 5.67. The maximum Gasteiger partial charge on any atom is 0.321 e. The smallest absolute Gasteiger partial charge is 0.321 e. The van der Waals surface area contributed by atoms with E-state index >= 15 is 0 Å². The van der Waals surface area contributed by atoms with Gasteiger partial charge in [0.25, 0.3) is 0 Å². The predicted molar refractivity (Wildman–Crippen MR) is 67.1 cm³/mol. The Kier molecular flexibility index (Phi) is 8.14. The molecule has 0 unspecified atom stereocenters. The van der Waals surface area contributed by atoms with Gasteiger partial charge in [0.05, 0.1) is 0 Å². The van der Waals surface area contributed by atoms with E-state index in [1.54, 1.807) is 27.7 Å². The lowest BCUT2D eigenvalue weighted by atomic mass is 9.96. The molecule has 0 saturated carbocycles. The maximum atomic E-state index is 11.7. The number of carbonyl (C=O) groups is 2. The fourth-order valence-corrected chi connectivity index (χ4v) is 1.18. The fourth-order valence-electron chi connectivity index (χ4n) is 1.18. The number of hydrogen-bond acceptors (Lipinski definition) is 4. The summed E-state index contributed by atoms with van der Waals surface area (Å²) in [4.78, 5) is 23.4. The van der Waals surface area contributed by atoms with Crippen molar-refractivity contribution in [1.29, 1.82) is 0 Å². The molecule has 0 bridgehead atoms. The summed E-state index contributed by atoms with van der Waals surface area (Å²) in [5, 5.41) is 0. The van der Waals surface area contributed by atoms with E-state index in [2.05, 4.69) is 23.7 Å². The molecule has 0 aliphatic heterocycles. The van der Waals surface area contributed by atoms with Gasteiger partial charge < -0.3 is 9.47 Å². The number of carbonyl (C=O) groups excluding carboxylic acids is 2. The van der Waals surface area contributed by atoms with Crippen molar-refractivity contribution in [2.45, 2.75) is 27.7 Å². The van der Waals surface area contributed by atoms with Crippen LogP contribution >= 0.6 is 0 Å².